The molecule has 0 saturated heterocycles. The molecule has 1 aliphatic heterocycles. The average molecular weight is 325 g/mol. The molecule has 1 aromatic heterocycles. The second-order valence-electron chi connectivity index (χ2n) is 5.98. The quantitative estimate of drug-likeness (QED) is 0.457. The van der Waals surface area contributed by atoms with Crippen LogP contribution >= 0.6 is 7.92 Å². The molecule has 0 saturated carbocycles. The zero-order chi connectivity index (χ0) is 15.9. The van der Waals surface area contributed by atoms with E-state index in [2.05, 4.69) is 96.1 Å². The number of H-pyrrole nitrogens is 1. The van der Waals surface area contributed by atoms with E-state index in [1.54, 1.807) is 0 Å². The van der Waals surface area contributed by atoms with E-state index < -0.39 is 0 Å². The molecule has 4 aromatic rings. The molecule has 0 unspecified atom stereocenters. The lowest BCUT2D eigenvalue weighted by atomic mass is 10.1. The summed E-state index contributed by atoms with van der Waals surface area (Å²) in [7, 11) is -0.386. The molecule has 0 fully saturated rings. The Morgan fingerprint density at radius 2 is 1.12 bits per heavy atom. The molecule has 1 nitrogen and oxygen atoms in total. The van der Waals surface area contributed by atoms with Crippen LogP contribution in [0, 0.1) is 0 Å². The average Bonchev–Trinajstić information content (AvgIpc) is 3.26. The van der Waals surface area contributed by atoms with Gasteiger partial charge in [0.15, 0.2) is 0 Å². The van der Waals surface area contributed by atoms with Crippen LogP contribution < -0.4 is 5.30 Å². The second kappa shape index (κ2) is 5.47. The molecule has 0 amide bonds. The minimum atomic E-state index is -0.386. The lowest BCUT2D eigenvalue weighted by molar-refractivity contribution is 1.49. The highest BCUT2D eigenvalue weighted by Crippen LogP contribution is 2.77. The van der Waals surface area contributed by atoms with Gasteiger partial charge < -0.3 is 4.98 Å². The Morgan fingerprint density at radius 1 is 0.583 bits per heavy atom. The number of hydrogen-bond acceptors (Lipinski definition) is 0. The molecule has 1 N–H and O–H groups in total. The maximum absolute atomic E-state index is 3.44. The van der Waals surface area contributed by atoms with Crippen LogP contribution in [-0.4, -0.2) is 4.98 Å². The first kappa shape index (κ1) is 13.8. The van der Waals surface area contributed by atoms with Gasteiger partial charge in [-0.05, 0) is 25.1 Å². The van der Waals surface area contributed by atoms with Gasteiger partial charge in [0, 0.05) is 33.0 Å². The van der Waals surface area contributed by atoms with Crippen LogP contribution in [-0.2, 0) is 0 Å². The molecule has 2 heterocycles. The number of para-hydroxylation sites is 1. The predicted octanol–water partition coefficient (Wildman–Crippen LogP) is 5.81. The van der Waals surface area contributed by atoms with Crippen LogP contribution in [0.3, 0.4) is 0 Å². The third kappa shape index (κ3) is 2.13. The topological polar surface area (TPSA) is 15.8 Å². The van der Waals surface area contributed by atoms with E-state index in [-0.39, 0.29) is 7.92 Å². The van der Waals surface area contributed by atoms with Crippen LogP contribution in [0.25, 0.3) is 21.5 Å². The molecule has 3 aromatic carbocycles. The highest BCUT2D eigenvalue weighted by molar-refractivity contribution is 7.95. The van der Waals surface area contributed by atoms with E-state index in [1.165, 1.54) is 38.0 Å². The Hall–Kier alpha value is -2.63. The molecule has 114 valence electrons. The van der Waals surface area contributed by atoms with Crippen molar-refractivity contribution in [3.05, 3.63) is 102 Å². The summed E-state index contributed by atoms with van der Waals surface area (Å²) in [5.74, 6) is 0. The summed E-state index contributed by atoms with van der Waals surface area (Å²) in [6.45, 7) is 0. The van der Waals surface area contributed by atoms with Gasteiger partial charge >= 0.3 is 0 Å². The summed E-state index contributed by atoms with van der Waals surface area (Å²) in [6, 6.07) is 30.2. The first-order valence-corrected chi connectivity index (χ1v) is 9.49. The van der Waals surface area contributed by atoms with Crippen molar-refractivity contribution < 1.29 is 0 Å². The van der Waals surface area contributed by atoms with Crippen molar-refractivity contribution in [3.8, 4) is 0 Å². The Kier molecular flexibility index (Phi) is 3.14. The Morgan fingerprint density at radius 3 is 1.75 bits per heavy atom. The van der Waals surface area contributed by atoms with Crippen LogP contribution in [0.4, 0.5) is 0 Å². The van der Waals surface area contributed by atoms with Gasteiger partial charge in [-0.15, -0.1) is 0 Å². The van der Waals surface area contributed by atoms with Crippen molar-refractivity contribution in [1.29, 1.82) is 0 Å². The van der Waals surface area contributed by atoms with Crippen molar-refractivity contribution in [3.63, 3.8) is 0 Å². The third-order valence-corrected chi connectivity index (χ3v) is 7.01. The normalized spacial score (nSPS) is 14.3. The molecule has 0 atom stereocenters. The number of hydrogen-bond donors (Lipinski definition) is 1. The van der Waals surface area contributed by atoms with E-state index in [0.29, 0.717) is 0 Å². The molecule has 5 rings (SSSR count). The van der Waals surface area contributed by atoms with Gasteiger partial charge in [0.25, 0.3) is 0 Å². The molecule has 0 spiro atoms. The molecular formula is C22H16NP. The first-order chi connectivity index (χ1) is 11.9. The SMILES string of the molecule is c1ccc(C2=C(c3ccccc3)P2c2c[nH]c3ccccc23)cc1. The maximum atomic E-state index is 3.44. The fraction of sp³-hybridized carbons (Fsp3) is 0. The molecule has 0 aliphatic carbocycles. The Bertz CT molecular complexity index is 995. The summed E-state index contributed by atoms with van der Waals surface area (Å²) in [6.07, 6.45) is 2.20. The molecule has 0 bridgehead atoms. The minimum Gasteiger partial charge on any atom is -0.361 e. The molecular weight excluding hydrogens is 309 g/mol. The van der Waals surface area contributed by atoms with Crippen LogP contribution in [0.15, 0.2) is 91.1 Å². The highest BCUT2D eigenvalue weighted by Gasteiger charge is 2.40. The van der Waals surface area contributed by atoms with Crippen LogP contribution in [0.1, 0.15) is 11.1 Å². The molecule has 1 aliphatic rings. The second-order valence-corrected chi connectivity index (χ2v) is 8.03. The van der Waals surface area contributed by atoms with E-state index in [9.17, 15) is 0 Å². The number of rotatable bonds is 3. The molecule has 2 heteroatoms. The molecule has 24 heavy (non-hydrogen) atoms. The lowest BCUT2D eigenvalue weighted by Crippen LogP contribution is -1.91. The Labute approximate surface area is 142 Å². The zero-order valence-electron chi connectivity index (χ0n) is 13.1. The summed E-state index contributed by atoms with van der Waals surface area (Å²) >= 11 is 0. The predicted molar refractivity (Wildman–Crippen MR) is 105 cm³/mol. The van der Waals surface area contributed by atoms with Crippen molar-refractivity contribution in [2.45, 2.75) is 0 Å². The van der Waals surface area contributed by atoms with Gasteiger partial charge in [0.2, 0.25) is 0 Å². The van der Waals surface area contributed by atoms with E-state index in [1.807, 2.05) is 0 Å². The number of nitrogens with one attached hydrogen (secondary N) is 1. The van der Waals surface area contributed by atoms with Crippen molar-refractivity contribution in [2.24, 2.45) is 0 Å². The lowest BCUT2D eigenvalue weighted by Gasteiger charge is -2.02. The van der Waals surface area contributed by atoms with Crippen molar-refractivity contribution in [1.82, 2.24) is 4.98 Å². The summed E-state index contributed by atoms with van der Waals surface area (Å²) in [5, 5.41) is 5.82. The number of benzene rings is 3. The largest absolute Gasteiger partial charge is 0.361 e. The first-order valence-electron chi connectivity index (χ1n) is 8.15. The van der Waals surface area contributed by atoms with Crippen molar-refractivity contribution >= 4 is 34.8 Å². The van der Waals surface area contributed by atoms with E-state index >= 15 is 0 Å². The Balaban J connectivity index is 1.67. The van der Waals surface area contributed by atoms with Crippen LogP contribution in [0.2, 0.25) is 0 Å². The summed E-state index contributed by atoms with van der Waals surface area (Å²) < 4.78 is 0. The smallest absolute Gasteiger partial charge is 0.0460 e. The fourth-order valence-corrected chi connectivity index (χ4v) is 6.03. The van der Waals surface area contributed by atoms with Crippen molar-refractivity contribution in [2.75, 3.05) is 0 Å². The maximum Gasteiger partial charge on any atom is 0.0460 e. The fourth-order valence-electron chi connectivity index (χ4n) is 3.37. The number of aromatic amines is 1. The minimum absolute atomic E-state index is 0.386. The standard InChI is InChI=1S/C22H16NP/c1-3-9-16(10-4-1)21-22(17-11-5-2-6-12-17)24(21)20-15-23-19-14-8-7-13-18(19)20/h1-15,23H. The number of fused-ring (bicyclic) bond motifs is 1. The van der Waals surface area contributed by atoms with E-state index in [4.69, 9.17) is 0 Å². The third-order valence-electron chi connectivity index (χ3n) is 4.52. The van der Waals surface area contributed by atoms with Gasteiger partial charge in [-0.3, -0.25) is 0 Å². The highest BCUT2D eigenvalue weighted by atomic mass is 31.1. The molecule has 0 radical (unpaired) electrons. The summed E-state index contributed by atoms with van der Waals surface area (Å²) in [4.78, 5) is 3.44. The summed E-state index contributed by atoms with van der Waals surface area (Å²) in [5.41, 5.74) is 3.93. The monoisotopic (exact) mass is 325 g/mol. The van der Waals surface area contributed by atoms with E-state index in [0.717, 1.165) is 0 Å². The van der Waals surface area contributed by atoms with Crippen LogP contribution in [0.5, 0.6) is 0 Å². The van der Waals surface area contributed by atoms with Gasteiger partial charge in [0.05, 0.1) is 0 Å². The number of aromatic nitrogens is 1. The zero-order valence-corrected chi connectivity index (χ0v) is 14.0. The van der Waals surface area contributed by atoms with Gasteiger partial charge in [-0.1, -0.05) is 78.9 Å². The van der Waals surface area contributed by atoms with Gasteiger partial charge in [-0.2, -0.15) is 0 Å². The van der Waals surface area contributed by atoms with Gasteiger partial charge in [0.1, 0.15) is 0 Å². The van der Waals surface area contributed by atoms with Gasteiger partial charge in [-0.25, -0.2) is 0 Å².